The predicted octanol–water partition coefficient (Wildman–Crippen LogP) is 4.72. The van der Waals surface area contributed by atoms with Gasteiger partial charge in [-0.3, -0.25) is 18.6 Å². The fraction of sp³-hybridized carbons (Fsp3) is 0.130. The molecule has 0 N–H and O–H groups in total. The van der Waals surface area contributed by atoms with Gasteiger partial charge in [0, 0.05) is 34.5 Å². The summed E-state index contributed by atoms with van der Waals surface area (Å²) in [4.78, 5) is 35.9. The summed E-state index contributed by atoms with van der Waals surface area (Å²) in [6.07, 6.45) is 1.70. The molecule has 3 aromatic heterocycles. The molecule has 5 aromatic rings. The van der Waals surface area contributed by atoms with Crippen molar-refractivity contribution in [3.63, 3.8) is 0 Å². The second-order valence-corrected chi connectivity index (χ2v) is 9.48. The van der Waals surface area contributed by atoms with Crippen LogP contribution < -0.4 is 15.9 Å². The van der Waals surface area contributed by atoms with Crippen LogP contribution in [-0.4, -0.2) is 26.0 Å². The zero-order chi connectivity index (χ0) is 23.1. The monoisotopic (exact) mass is 496 g/mol. The summed E-state index contributed by atoms with van der Waals surface area (Å²) >= 11 is 9.02. The minimum Gasteiger partial charge on any atom is -0.495 e. The molecule has 0 aliphatic carbocycles. The van der Waals surface area contributed by atoms with Gasteiger partial charge in [-0.1, -0.05) is 35.5 Å². The Kier molecular flexibility index (Phi) is 5.69. The molecule has 10 heteroatoms. The summed E-state index contributed by atoms with van der Waals surface area (Å²) in [5.74, 6) is 0.826. The molecule has 5 rings (SSSR count). The molecule has 7 nitrogen and oxygen atoms in total. The third kappa shape index (κ3) is 3.92. The van der Waals surface area contributed by atoms with Crippen molar-refractivity contribution >= 4 is 50.6 Å². The molecule has 0 aliphatic heterocycles. The molecule has 0 atom stereocenters. The minimum atomic E-state index is -0.218. The molecule has 0 spiro atoms. The third-order valence-electron chi connectivity index (χ3n) is 5.15. The standard InChI is InChI=1S/C23H17ClN4O3S2/c1-13-9-18(19(31-2)11-16(13)24)28-21(30)15-5-3-4-6-17(15)26-23(28)33-12-14-10-20(29)27-7-8-32-22(27)25-14/h3-11H,12H2,1-2H3. The molecule has 0 saturated carbocycles. The summed E-state index contributed by atoms with van der Waals surface area (Å²) < 4.78 is 8.58. The minimum absolute atomic E-state index is 0.143. The van der Waals surface area contributed by atoms with Crippen LogP contribution in [0.3, 0.4) is 0 Å². The number of aromatic nitrogens is 4. The Hall–Kier alpha value is -3.14. The van der Waals surface area contributed by atoms with Crippen molar-refractivity contribution in [3.8, 4) is 11.4 Å². The number of thiazole rings is 1. The van der Waals surface area contributed by atoms with Gasteiger partial charge >= 0.3 is 0 Å². The first-order valence-corrected chi connectivity index (χ1v) is 12.2. The molecule has 0 unspecified atom stereocenters. The fourth-order valence-electron chi connectivity index (χ4n) is 3.51. The number of benzene rings is 2. The normalized spacial score (nSPS) is 11.4. The van der Waals surface area contributed by atoms with Gasteiger partial charge in [0.1, 0.15) is 5.75 Å². The number of halogens is 1. The number of thioether (sulfide) groups is 1. The second-order valence-electron chi connectivity index (χ2n) is 7.26. The van der Waals surface area contributed by atoms with Crippen molar-refractivity contribution in [3.05, 3.63) is 91.0 Å². The van der Waals surface area contributed by atoms with Gasteiger partial charge in [-0.25, -0.2) is 9.97 Å². The van der Waals surface area contributed by atoms with E-state index in [1.54, 1.807) is 30.5 Å². The summed E-state index contributed by atoms with van der Waals surface area (Å²) in [5.41, 5.74) is 2.20. The van der Waals surface area contributed by atoms with E-state index in [1.807, 2.05) is 24.4 Å². The lowest BCUT2D eigenvalue weighted by Gasteiger charge is -2.17. The largest absolute Gasteiger partial charge is 0.495 e. The number of rotatable bonds is 5. The predicted molar refractivity (Wildman–Crippen MR) is 133 cm³/mol. The zero-order valence-corrected chi connectivity index (χ0v) is 20.0. The van der Waals surface area contributed by atoms with E-state index in [1.165, 1.54) is 45.2 Å². The highest BCUT2D eigenvalue weighted by atomic mass is 35.5. The van der Waals surface area contributed by atoms with Gasteiger partial charge < -0.3 is 4.74 Å². The molecule has 2 aromatic carbocycles. The zero-order valence-electron chi connectivity index (χ0n) is 17.6. The Morgan fingerprint density at radius 3 is 2.79 bits per heavy atom. The quantitative estimate of drug-likeness (QED) is 0.259. The van der Waals surface area contributed by atoms with Crippen LogP contribution in [0.5, 0.6) is 5.75 Å². The van der Waals surface area contributed by atoms with Gasteiger partial charge in [0.2, 0.25) is 0 Å². The van der Waals surface area contributed by atoms with E-state index in [4.69, 9.17) is 21.3 Å². The van der Waals surface area contributed by atoms with Crippen molar-refractivity contribution < 1.29 is 4.74 Å². The van der Waals surface area contributed by atoms with Crippen LogP contribution in [0.2, 0.25) is 5.02 Å². The number of hydrogen-bond acceptors (Lipinski definition) is 7. The van der Waals surface area contributed by atoms with Crippen molar-refractivity contribution in [2.45, 2.75) is 17.8 Å². The van der Waals surface area contributed by atoms with E-state index < -0.39 is 0 Å². The van der Waals surface area contributed by atoms with Gasteiger partial charge in [-0.2, -0.15) is 0 Å². The average Bonchev–Trinajstić information content (AvgIpc) is 3.29. The number of nitrogens with zero attached hydrogens (tertiary/aromatic N) is 4. The van der Waals surface area contributed by atoms with E-state index in [0.717, 1.165) is 5.56 Å². The molecule has 0 amide bonds. The van der Waals surface area contributed by atoms with E-state index in [9.17, 15) is 9.59 Å². The highest BCUT2D eigenvalue weighted by Crippen LogP contribution is 2.32. The smallest absolute Gasteiger partial charge is 0.266 e. The molecule has 3 heterocycles. The number of para-hydroxylation sites is 1. The van der Waals surface area contributed by atoms with Crippen LogP contribution in [0.15, 0.2) is 68.8 Å². The fourth-order valence-corrected chi connectivity index (χ4v) is 5.30. The van der Waals surface area contributed by atoms with Crippen LogP contribution in [0.25, 0.3) is 21.6 Å². The molecule has 0 aliphatic rings. The van der Waals surface area contributed by atoms with Crippen molar-refractivity contribution in [1.29, 1.82) is 0 Å². The van der Waals surface area contributed by atoms with Gasteiger partial charge in [0.05, 0.1) is 29.4 Å². The molecule has 0 bridgehead atoms. The van der Waals surface area contributed by atoms with Crippen molar-refractivity contribution in [2.75, 3.05) is 7.11 Å². The first-order chi connectivity index (χ1) is 16.0. The van der Waals surface area contributed by atoms with Gasteiger partial charge in [-0.05, 0) is 30.7 Å². The maximum atomic E-state index is 13.6. The number of hydrogen-bond donors (Lipinski definition) is 0. The van der Waals surface area contributed by atoms with Gasteiger partial charge in [0.15, 0.2) is 10.1 Å². The first kappa shape index (κ1) is 21.7. The molecular weight excluding hydrogens is 480 g/mol. The topological polar surface area (TPSA) is 78.5 Å². The Labute approximate surface area is 201 Å². The Bertz CT molecular complexity index is 1640. The molecule has 0 saturated heterocycles. The lowest BCUT2D eigenvalue weighted by molar-refractivity contribution is 0.411. The van der Waals surface area contributed by atoms with E-state index in [-0.39, 0.29) is 11.1 Å². The highest BCUT2D eigenvalue weighted by Gasteiger charge is 2.18. The molecule has 33 heavy (non-hydrogen) atoms. The van der Waals surface area contributed by atoms with Crippen LogP contribution >= 0.6 is 34.7 Å². The number of ether oxygens (including phenoxy) is 1. The summed E-state index contributed by atoms with van der Waals surface area (Å²) in [6, 6.07) is 12.2. The van der Waals surface area contributed by atoms with E-state index in [2.05, 4.69) is 4.98 Å². The van der Waals surface area contributed by atoms with Gasteiger partial charge in [-0.15, -0.1) is 11.3 Å². The molecular formula is C23H17ClN4O3S2. The van der Waals surface area contributed by atoms with Gasteiger partial charge in [0.25, 0.3) is 11.1 Å². The first-order valence-electron chi connectivity index (χ1n) is 9.91. The lowest BCUT2D eigenvalue weighted by Crippen LogP contribution is -2.22. The Morgan fingerprint density at radius 2 is 1.97 bits per heavy atom. The number of methoxy groups -OCH3 is 1. The van der Waals surface area contributed by atoms with Crippen LogP contribution in [0.1, 0.15) is 11.3 Å². The summed E-state index contributed by atoms with van der Waals surface area (Å²) in [5, 5.41) is 3.32. The van der Waals surface area contributed by atoms with E-state index >= 15 is 0 Å². The maximum Gasteiger partial charge on any atom is 0.266 e. The second kappa shape index (κ2) is 8.66. The number of aryl methyl sites for hydroxylation is 1. The highest BCUT2D eigenvalue weighted by molar-refractivity contribution is 7.98. The van der Waals surface area contributed by atoms with Crippen LogP contribution in [0.4, 0.5) is 0 Å². The third-order valence-corrected chi connectivity index (χ3v) is 7.29. The molecule has 166 valence electrons. The maximum absolute atomic E-state index is 13.6. The van der Waals surface area contributed by atoms with Crippen LogP contribution in [-0.2, 0) is 5.75 Å². The van der Waals surface area contributed by atoms with Crippen molar-refractivity contribution in [1.82, 2.24) is 18.9 Å². The SMILES string of the molecule is COc1cc(Cl)c(C)cc1-n1c(SCc2cc(=O)n3ccsc3n2)nc2ccccc2c1=O. The lowest BCUT2D eigenvalue weighted by atomic mass is 10.2. The molecule has 0 fully saturated rings. The van der Waals surface area contributed by atoms with Crippen molar-refractivity contribution in [2.24, 2.45) is 0 Å². The van der Waals surface area contributed by atoms with E-state index in [0.29, 0.717) is 48.9 Å². The Morgan fingerprint density at radius 1 is 1.15 bits per heavy atom. The molecule has 0 radical (unpaired) electrons. The summed E-state index contributed by atoms with van der Waals surface area (Å²) in [6.45, 7) is 1.87. The average molecular weight is 497 g/mol. The Balaban J connectivity index is 1.67. The van der Waals surface area contributed by atoms with Crippen LogP contribution in [0, 0.1) is 6.92 Å². The number of fused-ring (bicyclic) bond motifs is 2. The summed E-state index contributed by atoms with van der Waals surface area (Å²) in [7, 11) is 1.53.